The Labute approximate surface area is 149 Å². The highest BCUT2D eigenvalue weighted by atomic mass is 32.1. The first-order valence-electron chi connectivity index (χ1n) is 10.6. The van der Waals surface area contributed by atoms with Crippen LogP contribution in [0.4, 0.5) is 0 Å². The molecule has 1 heterocycles. The first-order valence-corrected chi connectivity index (χ1v) is 11.2. The number of ether oxygens (including phenoxy) is 1. The molecular formula is C21H38OS. The molecule has 1 aliphatic heterocycles. The average molecular weight is 339 g/mol. The SMILES string of the molecule is SCCCC(C1CCCCC1)(C1CCCCC1)C1CCCCO1. The van der Waals surface area contributed by atoms with E-state index in [9.17, 15) is 0 Å². The fourth-order valence-corrected chi connectivity index (χ4v) is 6.42. The van der Waals surface area contributed by atoms with Gasteiger partial charge in [-0.15, -0.1) is 0 Å². The van der Waals surface area contributed by atoms with Crippen LogP contribution in [0.3, 0.4) is 0 Å². The summed E-state index contributed by atoms with van der Waals surface area (Å²) in [7, 11) is 0. The Bertz CT molecular complexity index is 279. The smallest absolute Gasteiger partial charge is 0.0636 e. The lowest BCUT2D eigenvalue weighted by atomic mass is 9.54. The maximum Gasteiger partial charge on any atom is 0.0636 e. The normalized spacial score (nSPS) is 28.8. The zero-order valence-corrected chi connectivity index (χ0v) is 16.0. The van der Waals surface area contributed by atoms with Crippen LogP contribution in [0.2, 0.25) is 0 Å². The van der Waals surface area contributed by atoms with Crippen molar-refractivity contribution in [1.29, 1.82) is 0 Å². The quantitative estimate of drug-likeness (QED) is 0.550. The second-order valence-corrected chi connectivity index (χ2v) is 8.91. The van der Waals surface area contributed by atoms with Gasteiger partial charge < -0.3 is 4.74 Å². The van der Waals surface area contributed by atoms with Gasteiger partial charge in [-0.2, -0.15) is 12.6 Å². The number of hydrogen-bond donors (Lipinski definition) is 1. The van der Waals surface area contributed by atoms with Gasteiger partial charge in [0, 0.05) is 12.0 Å². The molecule has 3 aliphatic rings. The van der Waals surface area contributed by atoms with E-state index < -0.39 is 0 Å². The molecule has 0 radical (unpaired) electrons. The molecule has 1 nitrogen and oxygen atoms in total. The van der Waals surface area contributed by atoms with E-state index in [0.717, 1.165) is 24.2 Å². The molecule has 1 atom stereocenters. The van der Waals surface area contributed by atoms with E-state index >= 15 is 0 Å². The Balaban J connectivity index is 1.88. The summed E-state index contributed by atoms with van der Waals surface area (Å²) in [6, 6.07) is 0. The predicted octanol–water partition coefficient (Wildman–Crippen LogP) is 6.41. The highest BCUT2D eigenvalue weighted by Crippen LogP contribution is 2.56. The van der Waals surface area contributed by atoms with Crippen molar-refractivity contribution in [2.45, 2.75) is 102 Å². The Kier molecular flexibility index (Phi) is 7.19. The van der Waals surface area contributed by atoms with Crippen LogP contribution in [0.15, 0.2) is 0 Å². The Morgan fingerprint density at radius 1 is 0.739 bits per heavy atom. The molecule has 2 saturated carbocycles. The van der Waals surface area contributed by atoms with Crippen molar-refractivity contribution in [1.82, 2.24) is 0 Å². The van der Waals surface area contributed by atoms with Gasteiger partial charge in [0.05, 0.1) is 6.10 Å². The third-order valence-corrected chi connectivity index (χ3v) is 7.59. The van der Waals surface area contributed by atoms with Crippen molar-refractivity contribution in [2.75, 3.05) is 12.4 Å². The van der Waals surface area contributed by atoms with E-state index in [1.807, 2.05) is 0 Å². The van der Waals surface area contributed by atoms with E-state index in [1.54, 1.807) is 0 Å². The van der Waals surface area contributed by atoms with Gasteiger partial charge in [0.1, 0.15) is 0 Å². The maximum absolute atomic E-state index is 6.52. The lowest BCUT2D eigenvalue weighted by Crippen LogP contribution is -2.51. The van der Waals surface area contributed by atoms with Crippen LogP contribution in [0.5, 0.6) is 0 Å². The van der Waals surface area contributed by atoms with Gasteiger partial charge in [-0.25, -0.2) is 0 Å². The maximum atomic E-state index is 6.52. The summed E-state index contributed by atoms with van der Waals surface area (Å²) in [5, 5.41) is 0. The van der Waals surface area contributed by atoms with Crippen LogP contribution in [0, 0.1) is 17.3 Å². The van der Waals surface area contributed by atoms with Crippen molar-refractivity contribution in [3.8, 4) is 0 Å². The Hall–Kier alpha value is 0.310. The van der Waals surface area contributed by atoms with Crippen LogP contribution in [0.25, 0.3) is 0 Å². The van der Waals surface area contributed by atoms with Gasteiger partial charge in [-0.05, 0) is 75.4 Å². The Morgan fingerprint density at radius 2 is 1.30 bits per heavy atom. The van der Waals surface area contributed by atoms with Crippen molar-refractivity contribution < 1.29 is 4.74 Å². The lowest BCUT2D eigenvalue weighted by Gasteiger charge is -2.54. The summed E-state index contributed by atoms with van der Waals surface area (Å²) in [6.45, 7) is 1.02. The zero-order chi connectivity index (χ0) is 16.0. The van der Waals surface area contributed by atoms with E-state index in [0.29, 0.717) is 11.5 Å². The van der Waals surface area contributed by atoms with Crippen LogP contribution < -0.4 is 0 Å². The largest absolute Gasteiger partial charge is 0.378 e. The Morgan fingerprint density at radius 3 is 1.78 bits per heavy atom. The summed E-state index contributed by atoms with van der Waals surface area (Å²) in [4.78, 5) is 0. The van der Waals surface area contributed by atoms with Crippen LogP contribution in [-0.4, -0.2) is 18.5 Å². The topological polar surface area (TPSA) is 9.23 Å². The summed E-state index contributed by atoms with van der Waals surface area (Å²) < 4.78 is 6.52. The fraction of sp³-hybridized carbons (Fsp3) is 1.00. The number of hydrogen-bond acceptors (Lipinski definition) is 2. The van der Waals surface area contributed by atoms with E-state index in [2.05, 4.69) is 12.6 Å². The molecule has 0 aromatic carbocycles. The summed E-state index contributed by atoms with van der Waals surface area (Å²) in [5.74, 6) is 2.91. The summed E-state index contributed by atoms with van der Waals surface area (Å²) in [6.07, 6.45) is 21.9. The minimum Gasteiger partial charge on any atom is -0.378 e. The monoisotopic (exact) mass is 338 g/mol. The summed E-state index contributed by atoms with van der Waals surface area (Å²) in [5.41, 5.74) is 0.490. The second kappa shape index (κ2) is 9.13. The molecule has 1 saturated heterocycles. The second-order valence-electron chi connectivity index (χ2n) is 8.46. The highest BCUT2D eigenvalue weighted by molar-refractivity contribution is 7.80. The molecule has 0 bridgehead atoms. The van der Waals surface area contributed by atoms with Crippen molar-refractivity contribution in [3.05, 3.63) is 0 Å². The first-order chi connectivity index (χ1) is 11.4. The van der Waals surface area contributed by atoms with Gasteiger partial charge in [0.15, 0.2) is 0 Å². The fourth-order valence-electron chi connectivity index (χ4n) is 6.26. The minimum atomic E-state index is 0.490. The molecule has 1 unspecified atom stereocenters. The van der Waals surface area contributed by atoms with Crippen molar-refractivity contribution >= 4 is 12.6 Å². The molecule has 2 heteroatoms. The highest BCUT2D eigenvalue weighted by Gasteiger charge is 2.50. The average Bonchev–Trinajstić information content (AvgIpc) is 2.65. The molecule has 0 N–H and O–H groups in total. The molecule has 3 fully saturated rings. The third kappa shape index (κ3) is 4.11. The molecule has 0 amide bonds. The molecule has 0 aromatic rings. The van der Waals surface area contributed by atoms with Gasteiger partial charge >= 0.3 is 0 Å². The van der Waals surface area contributed by atoms with E-state index in [1.165, 1.54) is 96.3 Å². The van der Waals surface area contributed by atoms with Crippen molar-refractivity contribution in [3.63, 3.8) is 0 Å². The van der Waals surface area contributed by atoms with E-state index in [4.69, 9.17) is 4.74 Å². The molecular weight excluding hydrogens is 300 g/mol. The predicted molar refractivity (Wildman–Crippen MR) is 102 cm³/mol. The minimum absolute atomic E-state index is 0.490. The molecule has 3 rings (SSSR count). The van der Waals surface area contributed by atoms with Crippen LogP contribution >= 0.6 is 12.6 Å². The third-order valence-electron chi connectivity index (χ3n) is 7.28. The lowest BCUT2D eigenvalue weighted by molar-refractivity contribution is -0.141. The van der Waals surface area contributed by atoms with Gasteiger partial charge in [0.25, 0.3) is 0 Å². The van der Waals surface area contributed by atoms with Gasteiger partial charge in [-0.1, -0.05) is 38.5 Å². The number of rotatable bonds is 6. The molecule has 2 aliphatic carbocycles. The standard InChI is InChI=1S/C21H38OS/c23-17-9-15-21(18-10-3-1-4-11-18,19-12-5-2-6-13-19)20-14-7-8-16-22-20/h18-20,23H,1-17H2. The molecule has 0 spiro atoms. The molecule has 134 valence electrons. The molecule has 0 aromatic heterocycles. The first kappa shape index (κ1) is 18.1. The van der Waals surface area contributed by atoms with Crippen LogP contribution in [-0.2, 0) is 4.74 Å². The number of thiol groups is 1. The van der Waals surface area contributed by atoms with Crippen molar-refractivity contribution in [2.24, 2.45) is 17.3 Å². The van der Waals surface area contributed by atoms with Gasteiger partial charge in [-0.3, -0.25) is 0 Å². The van der Waals surface area contributed by atoms with Crippen LogP contribution in [0.1, 0.15) is 96.3 Å². The zero-order valence-electron chi connectivity index (χ0n) is 15.1. The van der Waals surface area contributed by atoms with Gasteiger partial charge in [0.2, 0.25) is 0 Å². The molecule has 23 heavy (non-hydrogen) atoms. The summed E-state index contributed by atoms with van der Waals surface area (Å²) >= 11 is 4.58. The van der Waals surface area contributed by atoms with E-state index in [-0.39, 0.29) is 0 Å².